The van der Waals surface area contributed by atoms with Gasteiger partial charge in [-0.1, -0.05) is 6.07 Å². The highest BCUT2D eigenvalue weighted by molar-refractivity contribution is 5.94. The Kier molecular flexibility index (Phi) is 7.51. The van der Waals surface area contributed by atoms with Gasteiger partial charge in [0.25, 0.3) is 11.8 Å². The van der Waals surface area contributed by atoms with Crippen molar-refractivity contribution in [1.82, 2.24) is 24.7 Å². The third-order valence-corrected chi connectivity index (χ3v) is 7.33. The molecule has 1 atom stereocenters. The molecule has 0 radical (unpaired) electrons. The Balaban J connectivity index is 1.23. The molecule has 1 unspecified atom stereocenters. The number of benzene rings is 1. The molecule has 3 heterocycles. The van der Waals surface area contributed by atoms with Crippen LogP contribution in [0.3, 0.4) is 0 Å². The Morgan fingerprint density at radius 3 is 2.20 bits per heavy atom. The fourth-order valence-electron chi connectivity index (χ4n) is 5.17. The smallest absolute Gasteiger partial charge is 0.410 e. The number of piperidine rings is 1. The van der Waals surface area contributed by atoms with Crippen LogP contribution in [0.2, 0.25) is 0 Å². The van der Waals surface area contributed by atoms with Crippen molar-refractivity contribution in [3.05, 3.63) is 47.5 Å². The zero-order chi connectivity index (χ0) is 28.8. The molecule has 12 heteroatoms. The number of aliphatic hydroxyl groups excluding tert-OH is 1. The van der Waals surface area contributed by atoms with Gasteiger partial charge in [-0.3, -0.25) is 9.69 Å². The molecule has 3 fully saturated rings. The van der Waals surface area contributed by atoms with Crippen LogP contribution in [-0.4, -0.2) is 91.6 Å². The molecule has 0 spiro atoms. The van der Waals surface area contributed by atoms with E-state index in [9.17, 15) is 27.9 Å². The third-order valence-electron chi connectivity index (χ3n) is 7.33. The van der Waals surface area contributed by atoms with Gasteiger partial charge in [0.05, 0.1) is 24.2 Å². The average Bonchev–Trinajstić information content (AvgIpc) is 3.71. The van der Waals surface area contributed by atoms with Crippen LogP contribution >= 0.6 is 0 Å². The molecule has 2 aromatic rings. The number of hydrogen-bond donors (Lipinski definition) is 1. The summed E-state index contributed by atoms with van der Waals surface area (Å²) in [4.78, 5) is 39.1. The van der Waals surface area contributed by atoms with Gasteiger partial charge < -0.3 is 19.6 Å². The first kappa shape index (κ1) is 28.3. The molecule has 1 N–H and O–H groups in total. The number of halogens is 3. The lowest BCUT2D eigenvalue weighted by Gasteiger charge is -2.41. The molecule has 1 aromatic heterocycles. The Labute approximate surface area is 230 Å². The van der Waals surface area contributed by atoms with Crippen LogP contribution in [-0.2, 0) is 4.74 Å². The molecule has 2 saturated heterocycles. The van der Waals surface area contributed by atoms with Crippen molar-refractivity contribution in [2.24, 2.45) is 0 Å². The number of carbonyl (C=O) groups is 2. The molecule has 1 aliphatic carbocycles. The largest absolute Gasteiger partial charge is 0.444 e. The summed E-state index contributed by atoms with van der Waals surface area (Å²) >= 11 is 0. The van der Waals surface area contributed by atoms with E-state index in [0.29, 0.717) is 25.9 Å². The number of nitrogens with zero attached hydrogens (tertiary/aromatic N) is 5. The van der Waals surface area contributed by atoms with Crippen LogP contribution in [0.1, 0.15) is 68.6 Å². The maximum atomic E-state index is 14.9. The molecule has 5 rings (SSSR count). The summed E-state index contributed by atoms with van der Waals surface area (Å²) < 4.78 is 46.6. The summed E-state index contributed by atoms with van der Waals surface area (Å²) in [6.45, 7) is 5.30. The molecule has 1 aromatic carbocycles. The summed E-state index contributed by atoms with van der Waals surface area (Å²) in [6, 6.07) is 4.02. The Bertz CT molecular complexity index is 1250. The molecule has 1 saturated carbocycles. The first-order chi connectivity index (χ1) is 18.8. The van der Waals surface area contributed by atoms with Gasteiger partial charge in [0.2, 0.25) is 0 Å². The van der Waals surface area contributed by atoms with Gasteiger partial charge in [-0.25, -0.2) is 27.9 Å². The summed E-state index contributed by atoms with van der Waals surface area (Å²) in [5.41, 5.74) is -0.0631. The lowest BCUT2D eigenvalue weighted by atomic mass is 10.0. The highest BCUT2D eigenvalue weighted by atomic mass is 19.3. The fourth-order valence-corrected chi connectivity index (χ4v) is 5.17. The van der Waals surface area contributed by atoms with Gasteiger partial charge in [-0.05, 0) is 64.2 Å². The van der Waals surface area contributed by atoms with E-state index in [1.165, 1.54) is 24.5 Å². The van der Waals surface area contributed by atoms with Crippen molar-refractivity contribution in [2.45, 2.75) is 76.3 Å². The lowest BCUT2D eigenvalue weighted by Crippen LogP contribution is -2.57. The van der Waals surface area contributed by atoms with E-state index < -0.39 is 36.7 Å². The zero-order valence-electron chi connectivity index (χ0n) is 22.8. The lowest BCUT2D eigenvalue weighted by molar-refractivity contribution is -0.186. The van der Waals surface area contributed by atoms with E-state index in [-0.39, 0.29) is 46.6 Å². The second kappa shape index (κ2) is 10.6. The molecule has 2 aliphatic heterocycles. The van der Waals surface area contributed by atoms with E-state index in [2.05, 4.69) is 9.97 Å². The molecule has 0 bridgehead atoms. The minimum atomic E-state index is -2.85. The van der Waals surface area contributed by atoms with Gasteiger partial charge in [0.15, 0.2) is 5.82 Å². The second-order valence-electron chi connectivity index (χ2n) is 11.8. The van der Waals surface area contributed by atoms with Crippen LogP contribution in [0.25, 0.3) is 11.4 Å². The van der Waals surface area contributed by atoms with Crippen molar-refractivity contribution in [3.63, 3.8) is 0 Å². The number of ether oxygens (including phenoxy) is 1. The number of aromatic nitrogens is 2. The van der Waals surface area contributed by atoms with Gasteiger partial charge in [0, 0.05) is 37.6 Å². The quantitative estimate of drug-likeness (QED) is 0.564. The molecule has 3 aliphatic rings. The standard InChI is InChI=1S/C28H34F3N5O4/c1-27(2,3)40-26(39)34-10-8-20(9-11-34)36(19-5-6-19)25(38)18-13-32-23(33-14-18)21-7-4-17(12-22(21)29)24(37)35-15-28(30,31)16-35/h4,7,12-14,19-20,24,37H,5-6,8-11,15-16H2,1-3H3. The van der Waals surface area contributed by atoms with Crippen molar-refractivity contribution in [2.75, 3.05) is 26.2 Å². The van der Waals surface area contributed by atoms with Gasteiger partial charge in [-0.15, -0.1) is 0 Å². The normalized spacial score (nSPS) is 20.5. The molecule has 216 valence electrons. The van der Waals surface area contributed by atoms with Crippen LogP contribution < -0.4 is 0 Å². The molecular weight excluding hydrogens is 527 g/mol. The summed E-state index contributed by atoms with van der Waals surface area (Å²) in [5, 5.41) is 10.3. The zero-order valence-corrected chi connectivity index (χ0v) is 22.8. The number of hydrogen-bond acceptors (Lipinski definition) is 7. The highest BCUT2D eigenvalue weighted by Crippen LogP contribution is 2.35. The van der Waals surface area contributed by atoms with E-state index in [1.807, 2.05) is 25.7 Å². The van der Waals surface area contributed by atoms with Gasteiger partial charge in [0.1, 0.15) is 17.6 Å². The molecule has 40 heavy (non-hydrogen) atoms. The molecule has 9 nitrogen and oxygen atoms in total. The monoisotopic (exact) mass is 561 g/mol. The van der Waals surface area contributed by atoms with Gasteiger partial charge >= 0.3 is 6.09 Å². The summed E-state index contributed by atoms with van der Waals surface area (Å²) in [7, 11) is 0. The minimum absolute atomic E-state index is 0.0267. The Morgan fingerprint density at radius 2 is 1.68 bits per heavy atom. The van der Waals surface area contributed by atoms with Crippen molar-refractivity contribution < 1.29 is 32.6 Å². The fraction of sp³-hybridized carbons (Fsp3) is 0.571. The average molecular weight is 562 g/mol. The maximum absolute atomic E-state index is 14.9. The number of likely N-dealkylation sites (tertiary alicyclic amines) is 2. The number of aliphatic hydroxyl groups is 1. The predicted molar refractivity (Wildman–Crippen MR) is 139 cm³/mol. The summed E-state index contributed by atoms with van der Waals surface area (Å²) in [6.07, 6.45) is 4.16. The minimum Gasteiger partial charge on any atom is -0.444 e. The van der Waals surface area contributed by atoms with Crippen LogP contribution in [0.15, 0.2) is 30.6 Å². The first-order valence-electron chi connectivity index (χ1n) is 13.5. The van der Waals surface area contributed by atoms with E-state index >= 15 is 0 Å². The van der Waals surface area contributed by atoms with E-state index in [1.54, 1.807) is 4.90 Å². The number of carbonyl (C=O) groups excluding carboxylic acids is 2. The molecular formula is C28H34F3N5O4. The highest BCUT2D eigenvalue weighted by Gasteiger charge is 2.46. The molecule has 2 amide bonds. The van der Waals surface area contributed by atoms with Gasteiger partial charge in [-0.2, -0.15) is 0 Å². The Hall–Kier alpha value is -3.25. The Morgan fingerprint density at radius 1 is 1.07 bits per heavy atom. The van der Waals surface area contributed by atoms with E-state index in [4.69, 9.17) is 4.74 Å². The summed E-state index contributed by atoms with van der Waals surface area (Å²) in [5.74, 6) is -3.69. The number of alkyl halides is 2. The second-order valence-corrected chi connectivity index (χ2v) is 11.8. The predicted octanol–water partition coefficient (Wildman–Crippen LogP) is 4.23. The van der Waals surface area contributed by atoms with Crippen molar-refractivity contribution >= 4 is 12.0 Å². The number of rotatable bonds is 6. The maximum Gasteiger partial charge on any atom is 0.410 e. The topological polar surface area (TPSA) is 99.1 Å². The SMILES string of the molecule is CC(C)(C)OC(=O)N1CCC(N(C(=O)c2cnc(-c3ccc(C(O)N4CC(F)(F)C4)cc3F)nc2)C2CC2)CC1. The van der Waals surface area contributed by atoms with Crippen molar-refractivity contribution in [1.29, 1.82) is 0 Å². The van der Waals surface area contributed by atoms with E-state index in [0.717, 1.165) is 23.8 Å². The number of amides is 2. The van der Waals surface area contributed by atoms with Crippen LogP contribution in [0, 0.1) is 5.82 Å². The van der Waals surface area contributed by atoms with Crippen molar-refractivity contribution in [3.8, 4) is 11.4 Å². The third kappa shape index (κ3) is 6.22. The van der Waals surface area contributed by atoms with Crippen LogP contribution in [0.4, 0.5) is 18.0 Å². The van der Waals surface area contributed by atoms with Crippen LogP contribution in [0.5, 0.6) is 0 Å². The first-order valence-corrected chi connectivity index (χ1v) is 13.5.